The highest BCUT2D eigenvalue weighted by molar-refractivity contribution is 6.06. The van der Waals surface area contributed by atoms with Gasteiger partial charge in [0, 0.05) is 24.4 Å². The molecule has 29 heavy (non-hydrogen) atoms. The van der Waals surface area contributed by atoms with Crippen LogP contribution >= 0.6 is 0 Å². The number of aromatic nitrogens is 2. The van der Waals surface area contributed by atoms with Crippen molar-refractivity contribution < 1.29 is 23.5 Å². The van der Waals surface area contributed by atoms with Crippen LogP contribution in [-0.2, 0) is 24.3 Å². The molecule has 0 saturated heterocycles. The lowest BCUT2D eigenvalue weighted by molar-refractivity contribution is 0.0944. The van der Waals surface area contributed by atoms with Crippen LogP contribution in [0.4, 0.5) is 14.5 Å². The van der Waals surface area contributed by atoms with Gasteiger partial charge >= 0.3 is 0 Å². The van der Waals surface area contributed by atoms with Crippen molar-refractivity contribution in [2.75, 3.05) is 12.3 Å². The van der Waals surface area contributed by atoms with Gasteiger partial charge in [-0.05, 0) is 23.6 Å². The average Bonchev–Trinajstić information content (AvgIpc) is 2.70. The third-order valence-electron chi connectivity index (χ3n) is 4.84. The molecule has 0 aliphatic carbocycles. The summed E-state index contributed by atoms with van der Waals surface area (Å²) in [4.78, 5) is 29.2. The number of nitrogens with one attached hydrogen (secondary N) is 1. The quantitative estimate of drug-likeness (QED) is 0.571. The summed E-state index contributed by atoms with van der Waals surface area (Å²) in [6.45, 7) is 0.385. The minimum Gasteiger partial charge on any atom is -0.423 e. The molecule has 2 aromatic heterocycles. The highest BCUT2D eigenvalue weighted by atomic mass is 19.1. The Balaban J connectivity index is 1.76. The highest BCUT2D eigenvalue weighted by Crippen LogP contribution is 2.29. The van der Waals surface area contributed by atoms with E-state index in [9.17, 15) is 23.6 Å². The SMILES string of the molecule is Nc1c(C(=O)NCc2ccc(F)cc2F)c(=O)n(O)c2ncc3c(c12)COCC3. The Kier molecular flexibility index (Phi) is 4.63. The molecule has 4 N–H and O–H groups in total. The number of hydrogen-bond donors (Lipinski definition) is 3. The van der Waals surface area contributed by atoms with Gasteiger partial charge < -0.3 is 21.0 Å². The molecule has 1 amide bonds. The number of fused-ring (bicyclic) bond motifs is 3. The number of rotatable bonds is 3. The molecule has 0 unspecified atom stereocenters. The van der Waals surface area contributed by atoms with Crippen LogP contribution in [0.2, 0.25) is 0 Å². The van der Waals surface area contributed by atoms with Crippen molar-refractivity contribution in [3.8, 4) is 0 Å². The first-order valence-corrected chi connectivity index (χ1v) is 8.72. The van der Waals surface area contributed by atoms with Gasteiger partial charge in [0.25, 0.3) is 11.5 Å². The van der Waals surface area contributed by atoms with E-state index in [2.05, 4.69) is 10.3 Å². The number of carbonyl (C=O) groups is 1. The predicted molar refractivity (Wildman–Crippen MR) is 98.5 cm³/mol. The maximum Gasteiger partial charge on any atom is 0.299 e. The summed E-state index contributed by atoms with van der Waals surface area (Å²) < 4.78 is 32.5. The van der Waals surface area contributed by atoms with Gasteiger partial charge in [-0.1, -0.05) is 6.07 Å². The molecule has 0 bridgehead atoms. The van der Waals surface area contributed by atoms with E-state index in [1.54, 1.807) is 0 Å². The summed E-state index contributed by atoms with van der Waals surface area (Å²) in [6, 6.07) is 2.91. The van der Waals surface area contributed by atoms with Crippen LogP contribution in [0, 0.1) is 11.6 Å². The van der Waals surface area contributed by atoms with Gasteiger partial charge in [-0.2, -0.15) is 0 Å². The second-order valence-corrected chi connectivity index (χ2v) is 6.59. The summed E-state index contributed by atoms with van der Waals surface area (Å²) in [7, 11) is 0. The van der Waals surface area contributed by atoms with Crippen molar-refractivity contribution in [2.24, 2.45) is 0 Å². The van der Waals surface area contributed by atoms with Crippen molar-refractivity contribution >= 4 is 22.6 Å². The van der Waals surface area contributed by atoms with Gasteiger partial charge in [-0.3, -0.25) is 9.59 Å². The Hall–Kier alpha value is -3.53. The summed E-state index contributed by atoms with van der Waals surface area (Å²) in [5, 5.41) is 12.9. The Morgan fingerprint density at radius 2 is 2.17 bits per heavy atom. The molecule has 1 aliphatic rings. The van der Waals surface area contributed by atoms with E-state index in [4.69, 9.17) is 10.5 Å². The van der Waals surface area contributed by atoms with Gasteiger partial charge in [-0.15, -0.1) is 4.73 Å². The van der Waals surface area contributed by atoms with E-state index in [1.165, 1.54) is 12.3 Å². The van der Waals surface area contributed by atoms with Crippen molar-refractivity contribution in [3.05, 3.63) is 68.6 Å². The van der Waals surface area contributed by atoms with Crippen LogP contribution in [0.15, 0.2) is 29.2 Å². The molecule has 4 rings (SSSR count). The second kappa shape index (κ2) is 7.13. The number of ether oxygens (including phenoxy) is 1. The molecule has 0 spiro atoms. The van der Waals surface area contributed by atoms with Gasteiger partial charge in [-0.25, -0.2) is 13.8 Å². The first kappa shape index (κ1) is 18.8. The summed E-state index contributed by atoms with van der Waals surface area (Å²) >= 11 is 0. The topological polar surface area (TPSA) is 119 Å². The zero-order chi connectivity index (χ0) is 20.7. The second-order valence-electron chi connectivity index (χ2n) is 6.59. The number of halogens is 2. The summed E-state index contributed by atoms with van der Waals surface area (Å²) in [5.74, 6) is -2.50. The Morgan fingerprint density at radius 3 is 2.93 bits per heavy atom. The Morgan fingerprint density at radius 1 is 1.38 bits per heavy atom. The van der Waals surface area contributed by atoms with Gasteiger partial charge in [0.15, 0.2) is 5.65 Å². The normalized spacial score (nSPS) is 13.3. The van der Waals surface area contributed by atoms with Crippen LogP contribution in [0.3, 0.4) is 0 Å². The molecule has 0 fully saturated rings. The maximum absolute atomic E-state index is 13.8. The number of carbonyl (C=O) groups excluding carboxylic acids is 1. The fourth-order valence-electron chi connectivity index (χ4n) is 3.35. The van der Waals surface area contributed by atoms with E-state index in [-0.39, 0.29) is 40.2 Å². The van der Waals surface area contributed by atoms with Crippen molar-refractivity contribution in [3.63, 3.8) is 0 Å². The first-order valence-electron chi connectivity index (χ1n) is 8.72. The Bertz CT molecular complexity index is 1210. The number of nitrogen functional groups attached to an aromatic ring is 1. The standard InChI is InChI=1S/C19H16F2N4O4/c20-11-2-1-10(13(21)5-11)7-24-18(26)15-16(22)14-12-8-29-4-3-9(12)6-23-17(14)25(28)19(15)27/h1-2,5-6,28H,3-4,7-8,22H2,(H,24,26). The highest BCUT2D eigenvalue weighted by Gasteiger charge is 2.25. The molecule has 0 saturated carbocycles. The molecule has 0 atom stereocenters. The smallest absolute Gasteiger partial charge is 0.299 e. The van der Waals surface area contributed by atoms with Gasteiger partial charge in [0.05, 0.1) is 24.3 Å². The number of hydrogen-bond acceptors (Lipinski definition) is 6. The lowest BCUT2D eigenvalue weighted by Crippen LogP contribution is -2.34. The zero-order valence-corrected chi connectivity index (χ0v) is 15.0. The molecular formula is C19H16F2N4O4. The lowest BCUT2D eigenvalue weighted by Gasteiger charge is -2.20. The van der Waals surface area contributed by atoms with Crippen LogP contribution in [0.5, 0.6) is 0 Å². The molecular weight excluding hydrogens is 386 g/mol. The van der Waals surface area contributed by atoms with Crippen LogP contribution < -0.4 is 16.6 Å². The monoisotopic (exact) mass is 402 g/mol. The number of nitrogens with two attached hydrogens (primary N) is 1. The fourth-order valence-corrected chi connectivity index (χ4v) is 3.35. The zero-order valence-electron chi connectivity index (χ0n) is 15.0. The van der Waals surface area contributed by atoms with E-state index in [0.29, 0.717) is 24.7 Å². The minimum atomic E-state index is -1.06. The van der Waals surface area contributed by atoms with E-state index in [1.807, 2.05) is 0 Å². The van der Waals surface area contributed by atoms with E-state index >= 15 is 0 Å². The van der Waals surface area contributed by atoms with Gasteiger partial charge in [0.1, 0.15) is 17.2 Å². The minimum absolute atomic E-state index is 0.0240. The van der Waals surface area contributed by atoms with Crippen LogP contribution in [0.25, 0.3) is 11.0 Å². The number of benzene rings is 1. The molecule has 3 aromatic rings. The Labute approximate surface area is 162 Å². The molecule has 3 heterocycles. The van der Waals surface area contributed by atoms with Gasteiger partial charge in [0.2, 0.25) is 0 Å². The van der Waals surface area contributed by atoms with Crippen molar-refractivity contribution in [1.29, 1.82) is 0 Å². The molecule has 8 nitrogen and oxygen atoms in total. The lowest BCUT2D eigenvalue weighted by atomic mass is 9.99. The molecule has 1 aliphatic heterocycles. The molecule has 150 valence electrons. The third kappa shape index (κ3) is 3.17. The molecule has 1 aromatic carbocycles. The molecule has 0 radical (unpaired) electrons. The number of anilines is 1. The molecule has 10 heteroatoms. The summed E-state index contributed by atoms with van der Waals surface area (Å²) in [6.07, 6.45) is 2.11. The number of amides is 1. The predicted octanol–water partition coefficient (Wildman–Crippen LogP) is 1.50. The van der Waals surface area contributed by atoms with E-state index in [0.717, 1.165) is 11.6 Å². The van der Waals surface area contributed by atoms with Crippen LogP contribution in [-0.4, -0.2) is 27.4 Å². The average molecular weight is 402 g/mol. The van der Waals surface area contributed by atoms with Crippen molar-refractivity contribution in [2.45, 2.75) is 19.6 Å². The summed E-state index contributed by atoms with van der Waals surface area (Å²) in [5.41, 5.74) is 5.84. The largest absolute Gasteiger partial charge is 0.423 e. The van der Waals surface area contributed by atoms with Crippen LogP contribution in [0.1, 0.15) is 27.0 Å². The van der Waals surface area contributed by atoms with Crippen molar-refractivity contribution in [1.82, 2.24) is 15.0 Å². The fraction of sp³-hybridized carbons (Fsp3) is 0.211. The maximum atomic E-state index is 13.8. The third-order valence-corrected chi connectivity index (χ3v) is 4.84. The number of nitrogens with zero attached hydrogens (tertiary/aromatic N) is 2. The first-order chi connectivity index (χ1) is 13.9. The van der Waals surface area contributed by atoms with E-state index < -0.39 is 28.7 Å². The number of pyridine rings is 2.